The topological polar surface area (TPSA) is 95.5 Å². The number of halogens is 6. The van der Waals surface area contributed by atoms with Crippen molar-refractivity contribution < 1.29 is 19.5 Å². The molecule has 3 rings (SSSR count). The number of hydrogen-bond donors (Lipinski definition) is 3. The molecule has 0 aliphatic rings. The molecule has 0 fully saturated rings. The molecule has 0 radical (unpaired) electrons. The van der Waals surface area contributed by atoms with Gasteiger partial charge < -0.3 is 15.7 Å². The standard InChI is InChI=1S/C23H14Cl6N2O4S/c1-9(21(32)31-13-7-10(24)6-11(25)8-13)36-14-4-2-12(3-5-14)30-22(33)15-16(23(34)35)18(27)20(29)19(28)17(15)26/h2-9H,1H3,(H,30,33)(H,31,32)(H,34,35). The fraction of sp³-hybridized carbons (Fsp3) is 0.0870. The minimum Gasteiger partial charge on any atom is -0.478 e. The van der Waals surface area contributed by atoms with Crippen molar-refractivity contribution in [2.75, 3.05) is 10.6 Å². The zero-order chi connectivity index (χ0) is 26.7. The Kier molecular flexibility index (Phi) is 9.68. The van der Waals surface area contributed by atoms with Crippen LogP contribution in [0.3, 0.4) is 0 Å². The molecular weight excluding hydrogens is 613 g/mol. The average molecular weight is 627 g/mol. The number of aromatic carboxylic acids is 1. The molecule has 0 saturated carbocycles. The third kappa shape index (κ3) is 6.72. The lowest BCUT2D eigenvalue weighted by molar-refractivity contribution is -0.115. The normalized spacial score (nSPS) is 11.6. The molecule has 6 nitrogen and oxygen atoms in total. The van der Waals surface area contributed by atoms with Crippen molar-refractivity contribution in [2.45, 2.75) is 17.1 Å². The Hall–Kier alpha value is -1.84. The van der Waals surface area contributed by atoms with E-state index in [0.717, 1.165) is 4.90 Å². The molecule has 0 spiro atoms. The van der Waals surface area contributed by atoms with Crippen LogP contribution >= 0.6 is 81.4 Å². The Morgan fingerprint density at radius 1 is 0.750 bits per heavy atom. The van der Waals surface area contributed by atoms with Crippen molar-refractivity contribution >= 4 is 111 Å². The molecule has 3 aromatic carbocycles. The van der Waals surface area contributed by atoms with Gasteiger partial charge in [0.1, 0.15) is 0 Å². The minimum atomic E-state index is -1.50. The van der Waals surface area contributed by atoms with Gasteiger partial charge in [-0.05, 0) is 49.4 Å². The largest absolute Gasteiger partial charge is 0.478 e. The van der Waals surface area contributed by atoms with Gasteiger partial charge >= 0.3 is 5.97 Å². The second-order valence-electron chi connectivity index (χ2n) is 7.20. The number of carbonyl (C=O) groups is 3. The number of benzene rings is 3. The van der Waals surface area contributed by atoms with Crippen LogP contribution in [0, 0.1) is 0 Å². The number of carboxylic acid groups (broad SMARTS) is 1. The number of amides is 2. The number of carboxylic acids is 1. The summed E-state index contributed by atoms with van der Waals surface area (Å²) >= 11 is 37.2. The van der Waals surface area contributed by atoms with Gasteiger partial charge in [-0.25, -0.2) is 4.79 Å². The maximum Gasteiger partial charge on any atom is 0.338 e. The summed E-state index contributed by atoms with van der Waals surface area (Å²) in [6, 6.07) is 11.3. The quantitative estimate of drug-likeness (QED) is 0.139. The number of rotatable bonds is 7. The Balaban J connectivity index is 1.72. The molecule has 0 aliphatic carbocycles. The highest BCUT2D eigenvalue weighted by Crippen LogP contribution is 2.42. The van der Waals surface area contributed by atoms with Crippen molar-refractivity contribution in [1.29, 1.82) is 0 Å². The number of carbonyl (C=O) groups excluding carboxylic acids is 2. The molecule has 3 aromatic rings. The Bertz CT molecular complexity index is 1350. The molecular formula is C23H14Cl6N2O4S. The van der Waals surface area contributed by atoms with E-state index in [4.69, 9.17) is 69.6 Å². The van der Waals surface area contributed by atoms with Crippen LogP contribution in [-0.4, -0.2) is 28.1 Å². The van der Waals surface area contributed by atoms with Crippen LogP contribution < -0.4 is 10.6 Å². The summed E-state index contributed by atoms with van der Waals surface area (Å²) in [6.07, 6.45) is 0. The summed E-state index contributed by atoms with van der Waals surface area (Å²) in [5.41, 5.74) is -0.176. The SMILES string of the molecule is CC(Sc1ccc(NC(=O)c2c(Cl)c(Cl)c(Cl)c(Cl)c2C(=O)O)cc1)C(=O)Nc1cc(Cl)cc(Cl)c1. The van der Waals surface area contributed by atoms with Crippen molar-refractivity contribution in [3.8, 4) is 0 Å². The summed E-state index contributed by atoms with van der Waals surface area (Å²) in [6.45, 7) is 1.73. The molecule has 2 amide bonds. The smallest absolute Gasteiger partial charge is 0.338 e. The lowest BCUT2D eigenvalue weighted by Gasteiger charge is -2.15. The van der Waals surface area contributed by atoms with E-state index in [1.807, 2.05) is 0 Å². The summed E-state index contributed by atoms with van der Waals surface area (Å²) in [5, 5.41) is 13.9. The Morgan fingerprint density at radius 3 is 1.81 bits per heavy atom. The molecule has 3 N–H and O–H groups in total. The minimum absolute atomic E-state index is 0.238. The molecule has 36 heavy (non-hydrogen) atoms. The van der Waals surface area contributed by atoms with E-state index in [9.17, 15) is 19.5 Å². The highest BCUT2D eigenvalue weighted by Gasteiger charge is 2.29. The van der Waals surface area contributed by atoms with Gasteiger partial charge in [0.05, 0.1) is 36.5 Å². The van der Waals surface area contributed by atoms with Gasteiger partial charge in [0, 0.05) is 26.3 Å². The number of nitrogens with one attached hydrogen (secondary N) is 2. The number of anilines is 2. The fourth-order valence-corrected chi connectivity index (χ4v) is 5.40. The number of thioether (sulfide) groups is 1. The Morgan fingerprint density at radius 2 is 1.28 bits per heavy atom. The second-order valence-corrected chi connectivity index (χ2v) is 11.0. The van der Waals surface area contributed by atoms with Crippen LogP contribution in [0.5, 0.6) is 0 Å². The van der Waals surface area contributed by atoms with Gasteiger partial charge in [-0.2, -0.15) is 0 Å². The van der Waals surface area contributed by atoms with Crippen LogP contribution in [0.25, 0.3) is 0 Å². The fourth-order valence-electron chi connectivity index (χ4n) is 2.98. The highest BCUT2D eigenvalue weighted by molar-refractivity contribution is 8.00. The highest BCUT2D eigenvalue weighted by atomic mass is 35.5. The lowest BCUT2D eigenvalue weighted by Crippen LogP contribution is -2.22. The molecule has 0 saturated heterocycles. The first-order valence-corrected chi connectivity index (χ1v) is 13.0. The first-order chi connectivity index (χ1) is 16.9. The molecule has 0 aromatic heterocycles. The predicted molar refractivity (Wildman–Crippen MR) is 148 cm³/mol. The van der Waals surface area contributed by atoms with Gasteiger partial charge in [0.25, 0.3) is 5.91 Å². The third-order valence-corrected chi connectivity index (χ3v) is 7.98. The first kappa shape index (κ1) is 28.7. The van der Waals surface area contributed by atoms with Gasteiger partial charge in [-0.3, -0.25) is 9.59 Å². The first-order valence-electron chi connectivity index (χ1n) is 9.83. The lowest BCUT2D eigenvalue weighted by atomic mass is 10.1. The van der Waals surface area contributed by atoms with Crippen LogP contribution in [0.1, 0.15) is 27.6 Å². The number of hydrogen-bond acceptors (Lipinski definition) is 4. The van der Waals surface area contributed by atoms with E-state index in [-0.39, 0.29) is 21.0 Å². The van der Waals surface area contributed by atoms with E-state index in [1.54, 1.807) is 49.4 Å². The van der Waals surface area contributed by atoms with Gasteiger partial charge in [0.15, 0.2) is 0 Å². The van der Waals surface area contributed by atoms with E-state index in [2.05, 4.69) is 10.6 Å². The maximum atomic E-state index is 12.9. The van der Waals surface area contributed by atoms with Crippen LogP contribution in [0.4, 0.5) is 11.4 Å². The zero-order valence-electron chi connectivity index (χ0n) is 18.0. The van der Waals surface area contributed by atoms with Gasteiger partial charge in [-0.15, -0.1) is 11.8 Å². The molecule has 0 aliphatic heterocycles. The van der Waals surface area contributed by atoms with Crippen molar-refractivity contribution in [3.63, 3.8) is 0 Å². The molecule has 1 unspecified atom stereocenters. The third-order valence-electron chi connectivity index (χ3n) is 4.63. The predicted octanol–water partition coefficient (Wildman–Crippen LogP) is 8.68. The molecule has 0 heterocycles. The monoisotopic (exact) mass is 624 g/mol. The summed E-state index contributed by atoms with van der Waals surface area (Å²) < 4.78 is 0. The zero-order valence-corrected chi connectivity index (χ0v) is 23.3. The van der Waals surface area contributed by atoms with E-state index < -0.39 is 33.3 Å². The summed E-state index contributed by atoms with van der Waals surface area (Å²) in [7, 11) is 0. The van der Waals surface area contributed by atoms with Crippen molar-refractivity contribution in [3.05, 3.63) is 83.7 Å². The molecule has 188 valence electrons. The van der Waals surface area contributed by atoms with Crippen molar-refractivity contribution in [1.82, 2.24) is 0 Å². The van der Waals surface area contributed by atoms with Crippen LogP contribution in [-0.2, 0) is 4.79 Å². The van der Waals surface area contributed by atoms with E-state index in [1.165, 1.54) is 11.8 Å². The Labute approximate surface area is 240 Å². The van der Waals surface area contributed by atoms with Gasteiger partial charge in [0.2, 0.25) is 5.91 Å². The molecule has 13 heteroatoms. The molecule has 0 bridgehead atoms. The average Bonchev–Trinajstić information content (AvgIpc) is 2.80. The molecule has 1 atom stereocenters. The summed E-state index contributed by atoms with van der Waals surface area (Å²) in [4.78, 5) is 37.8. The van der Waals surface area contributed by atoms with Crippen molar-refractivity contribution in [2.24, 2.45) is 0 Å². The van der Waals surface area contributed by atoms with Crippen LogP contribution in [0.2, 0.25) is 30.1 Å². The maximum absolute atomic E-state index is 12.9. The second kappa shape index (κ2) is 12.1. The van der Waals surface area contributed by atoms with E-state index in [0.29, 0.717) is 21.4 Å². The van der Waals surface area contributed by atoms with E-state index >= 15 is 0 Å². The van der Waals surface area contributed by atoms with Gasteiger partial charge in [-0.1, -0.05) is 69.6 Å². The van der Waals surface area contributed by atoms with Crippen LogP contribution in [0.15, 0.2) is 47.4 Å². The summed E-state index contributed by atoms with van der Waals surface area (Å²) in [5.74, 6) is -2.60.